The van der Waals surface area contributed by atoms with Crippen LogP contribution in [0.2, 0.25) is 0 Å². The summed E-state index contributed by atoms with van der Waals surface area (Å²) in [6, 6.07) is 11.3. The maximum Gasteiger partial charge on any atom is 0.202 e. The average Bonchev–Trinajstić information content (AvgIpc) is 2.42. The molecule has 1 rings (SSSR count). The molecule has 0 saturated heterocycles. The first kappa shape index (κ1) is 13.7. The van der Waals surface area contributed by atoms with E-state index in [9.17, 15) is 0 Å². The van der Waals surface area contributed by atoms with Gasteiger partial charge in [0, 0.05) is 13.1 Å². The van der Waals surface area contributed by atoms with Crippen molar-refractivity contribution in [2.45, 2.75) is 13.8 Å². The van der Waals surface area contributed by atoms with Gasteiger partial charge in [-0.15, -0.1) is 0 Å². The molecule has 5 nitrogen and oxygen atoms in total. The van der Waals surface area contributed by atoms with Crippen LogP contribution < -0.4 is 5.43 Å². The van der Waals surface area contributed by atoms with Crippen LogP contribution in [-0.2, 0) is 0 Å². The van der Waals surface area contributed by atoms with Gasteiger partial charge in [0.25, 0.3) is 0 Å². The minimum atomic E-state index is 0.0857. The highest BCUT2D eigenvalue weighted by Gasteiger charge is 2.12. The van der Waals surface area contributed by atoms with Crippen molar-refractivity contribution in [1.29, 1.82) is 10.7 Å². The van der Waals surface area contributed by atoms with Crippen molar-refractivity contribution >= 4 is 17.2 Å². The lowest BCUT2D eigenvalue weighted by atomic mass is 10.3. The Kier molecular flexibility index (Phi) is 5.39. The highest BCUT2D eigenvalue weighted by Crippen LogP contribution is 2.04. The number of para-hydroxylation sites is 1. The third-order valence-corrected chi connectivity index (χ3v) is 2.48. The van der Waals surface area contributed by atoms with Crippen molar-refractivity contribution in [2.24, 2.45) is 5.10 Å². The topological polar surface area (TPSA) is 75.3 Å². The molecule has 0 aliphatic carbocycles. The second-order valence-corrected chi connectivity index (χ2v) is 3.57. The number of nitrogens with zero attached hydrogens (tertiary/aromatic N) is 3. The Bertz CT molecular complexity index is 454. The number of hydrogen-bond donors (Lipinski definition) is 2. The van der Waals surface area contributed by atoms with Crippen LogP contribution in [0.5, 0.6) is 0 Å². The molecule has 18 heavy (non-hydrogen) atoms. The molecule has 94 valence electrons. The second kappa shape index (κ2) is 7.07. The molecule has 1 aromatic rings. The molecule has 0 radical (unpaired) electrons. The Morgan fingerprint density at radius 1 is 1.33 bits per heavy atom. The van der Waals surface area contributed by atoms with Crippen LogP contribution in [0.25, 0.3) is 0 Å². The van der Waals surface area contributed by atoms with Crippen LogP contribution in [0.15, 0.2) is 35.4 Å². The van der Waals surface area contributed by atoms with Crippen molar-refractivity contribution in [3.8, 4) is 6.07 Å². The van der Waals surface area contributed by atoms with Crippen LogP contribution in [0.3, 0.4) is 0 Å². The summed E-state index contributed by atoms with van der Waals surface area (Å²) in [6.45, 7) is 5.25. The number of benzene rings is 1. The molecule has 0 spiro atoms. The number of rotatable bonds is 5. The zero-order valence-electron chi connectivity index (χ0n) is 10.6. The third-order valence-electron chi connectivity index (χ3n) is 2.48. The summed E-state index contributed by atoms with van der Waals surface area (Å²) in [5.74, 6) is 0.144. The van der Waals surface area contributed by atoms with Gasteiger partial charge in [0.05, 0.1) is 5.69 Å². The monoisotopic (exact) mass is 243 g/mol. The zero-order valence-corrected chi connectivity index (χ0v) is 10.6. The lowest BCUT2D eigenvalue weighted by Gasteiger charge is -2.19. The lowest BCUT2D eigenvalue weighted by Crippen LogP contribution is -2.35. The molecule has 5 heteroatoms. The Balaban J connectivity index is 2.78. The molecule has 0 aliphatic heterocycles. The van der Waals surface area contributed by atoms with Crippen molar-refractivity contribution < 1.29 is 0 Å². The Morgan fingerprint density at radius 2 is 1.94 bits per heavy atom. The lowest BCUT2D eigenvalue weighted by molar-refractivity contribution is 0.468. The summed E-state index contributed by atoms with van der Waals surface area (Å²) >= 11 is 0. The van der Waals surface area contributed by atoms with Crippen molar-refractivity contribution in [1.82, 2.24) is 4.90 Å². The summed E-state index contributed by atoms with van der Waals surface area (Å²) in [5, 5.41) is 20.9. The highest BCUT2D eigenvalue weighted by molar-refractivity contribution is 6.46. The highest BCUT2D eigenvalue weighted by atomic mass is 15.3. The van der Waals surface area contributed by atoms with Gasteiger partial charge < -0.3 is 4.90 Å². The fourth-order valence-electron chi connectivity index (χ4n) is 1.45. The number of nitrogens with one attached hydrogen (secondary N) is 2. The molecule has 0 bridgehead atoms. The van der Waals surface area contributed by atoms with Gasteiger partial charge in [0.2, 0.25) is 5.71 Å². The Labute approximate surface area is 107 Å². The molecule has 0 amide bonds. The summed E-state index contributed by atoms with van der Waals surface area (Å²) in [4.78, 5) is 1.77. The summed E-state index contributed by atoms with van der Waals surface area (Å²) in [5.41, 5.74) is 3.65. The van der Waals surface area contributed by atoms with E-state index in [1.54, 1.807) is 4.90 Å². The van der Waals surface area contributed by atoms with E-state index in [0.717, 1.165) is 5.69 Å². The predicted molar refractivity (Wildman–Crippen MR) is 73.8 cm³/mol. The fourth-order valence-corrected chi connectivity index (χ4v) is 1.45. The Hall–Kier alpha value is -2.35. The molecule has 0 unspecified atom stereocenters. The van der Waals surface area contributed by atoms with Gasteiger partial charge in [0.15, 0.2) is 5.84 Å². The average molecular weight is 243 g/mol. The van der Waals surface area contributed by atoms with E-state index in [4.69, 9.17) is 10.7 Å². The van der Waals surface area contributed by atoms with Crippen LogP contribution in [0, 0.1) is 16.7 Å². The molecular weight excluding hydrogens is 226 g/mol. The first-order chi connectivity index (χ1) is 8.72. The van der Waals surface area contributed by atoms with Gasteiger partial charge in [-0.1, -0.05) is 18.2 Å². The van der Waals surface area contributed by atoms with Gasteiger partial charge in [-0.2, -0.15) is 10.4 Å². The molecule has 2 N–H and O–H groups in total. The molecular formula is C13H17N5. The first-order valence-corrected chi connectivity index (χ1v) is 5.85. The molecule has 0 saturated carbocycles. The number of amidine groups is 1. The van der Waals surface area contributed by atoms with Crippen molar-refractivity contribution in [3.05, 3.63) is 30.3 Å². The molecule has 0 fully saturated rings. The summed E-state index contributed by atoms with van der Waals surface area (Å²) < 4.78 is 0. The smallest absolute Gasteiger partial charge is 0.202 e. The molecule has 1 aromatic carbocycles. The van der Waals surface area contributed by atoms with Crippen LogP contribution >= 0.6 is 0 Å². The van der Waals surface area contributed by atoms with E-state index in [2.05, 4.69) is 10.5 Å². The van der Waals surface area contributed by atoms with Crippen LogP contribution in [0.1, 0.15) is 13.8 Å². The molecule has 0 heterocycles. The van der Waals surface area contributed by atoms with E-state index in [-0.39, 0.29) is 11.5 Å². The molecule has 0 aliphatic rings. The van der Waals surface area contributed by atoms with Crippen LogP contribution in [-0.4, -0.2) is 29.5 Å². The fraction of sp³-hybridized carbons (Fsp3) is 0.308. The SMILES string of the molecule is CCN(CC)C(=N)C(C#N)=NNc1ccccc1. The van der Waals surface area contributed by atoms with Gasteiger partial charge >= 0.3 is 0 Å². The van der Waals surface area contributed by atoms with E-state index < -0.39 is 0 Å². The normalized spacial score (nSPS) is 10.6. The number of nitriles is 1. The van der Waals surface area contributed by atoms with Crippen LogP contribution in [0.4, 0.5) is 5.69 Å². The van der Waals surface area contributed by atoms with Gasteiger partial charge in [-0.05, 0) is 26.0 Å². The minimum absolute atomic E-state index is 0.0857. The maximum atomic E-state index is 9.03. The zero-order chi connectivity index (χ0) is 13.4. The number of hydrazone groups is 1. The minimum Gasteiger partial charge on any atom is -0.355 e. The summed E-state index contributed by atoms with van der Waals surface area (Å²) in [6.07, 6.45) is 0. The van der Waals surface area contributed by atoms with Gasteiger partial charge in [-0.25, -0.2) is 0 Å². The first-order valence-electron chi connectivity index (χ1n) is 5.85. The van der Waals surface area contributed by atoms with Crippen molar-refractivity contribution in [3.63, 3.8) is 0 Å². The Morgan fingerprint density at radius 3 is 2.44 bits per heavy atom. The van der Waals surface area contributed by atoms with Gasteiger partial charge in [0.1, 0.15) is 6.07 Å². The van der Waals surface area contributed by atoms with Gasteiger partial charge in [-0.3, -0.25) is 10.8 Å². The number of anilines is 1. The second-order valence-electron chi connectivity index (χ2n) is 3.57. The van der Waals surface area contributed by atoms with E-state index in [1.807, 2.05) is 50.2 Å². The standard InChI is InChI=1S/C13H17N5/c1-3-18(4-2)13(15)12(10-14)17-16-11-8-6-5-7-9-11/h5-9,15-16H,3-4H2,1-2H3. The molecule has 0 atom stereocenters. The van der Waals surface area contributed by atoms with E-state index in [0.29, 0.717) is 13.1 Å². The molecule has 0 aromatic heterocycles. The maximum absolute atomic E-state index is 9.03. The largest absolute Gasteiger partial charge is 0.355 e. The van der Waals surface area contributed by atoms with Crippen molar-refractivity contribution in [2.75, 3.05) is 18.5 Å². The predicted octanol–water partition coefficient (Wildman–Crippen LogP) is 2.30. The quantitative estimate of drug-likeness (QED) is 0.473. The van der Waals surface area contributed by atoms with E-state index in [1.165, 1.54) is 0 Å². The third kappa shape index (κ3) is 3.59. The summed E-state index contributed by atoms with van der Waals surface area (Å²) in [7, 11) is 0. The van der Waals surface area contributed by atoms with E-state index >= 15 is 0 Å². The number of hydrogen-bond acceptors (Lipinski definition) is 4.